The maximum Gasteiger partial charge on any atom is 0.244 e. The number of hydrogen-bond acceptors (Lipinski definition) is 3. The lowest BCUT2D eigenvalue weighted by Gasteiger charge is -2.31. The average molecular weight is 282 g/mol. The minimum Gasteiger partial charge on any atom is -0.508 e. The van der Waals surface area contributed by atoms with Crippen molar-refractivity contribution in [3.05, 3.63) is 65.2 Å². The predicted octanol–water partition coefficient (Wildman–Crippen LogP) is 1.98. The molecule has 4 nitrogen and oxygen atoms in total. The molecule has 1 atom stereocenters. The summed E-state index contributed by atoms with van der Waals surface area (Å²) in [6.07, 6.45) is 0.795. The summed E-state index contributed by atoms with van der Waals surface area (Å²) in [5, 5.41) is 9.57. The largest absolute Gasteiger partial charge is 0.508 e. The SMILES string of the molecule is N[C@H](C(=O)N1CCc2ccc(O)cc2C1)c1ccccc1. The summed E-state index contributed by atoms with van der Waals surface area (Å²) in [5.41, 5.74) is 9.08. The predicted molar refractivity (Wildman–Crippen MR) is 80.6 cm³/mol. The van der Waals surface area contributed by atoms with Crippen molar-refractivity contribution in [2.24, 2.45) is 5.73 Å². The van der Waals surface area contributed by atoms with Crippen LogP contribution in [0.4, 0.5) is 0 Å². The van der Waals surface area contributed by atoms with E-state index in [1.54, 1.807) is 17.0 Å². The van der Waals surface area contributed by atoms with E-state index in [0.717, 1.165) is 17.5 Å². The quantitative estimate of drug-likeness (QED) is 0.885. The van der Waals surface area contributed by atoms with E-state index in [9.17, 15) is 9.90 Å². The van der Waals surface area contributed by atoms with Crippen LogP contribution in [0.5, 0.6) is 5.75 Å². The number of nitrogens with two attached hydrogens (primary N) is 1. The summed E-state index contributed by atoms with van der Waals surface area (Å²) in [6.45, 7) is 1.17. The Bertz CT molecular complexity index is 655. The van der Waals surface area contributed by atoms with Gasteiger partial charge in [-0.3, -0.25) is 4.79 Å². The van der Waals surface area contributed by atoms with E-state index in [4.69, 9.17) is 5.73 Å². The van der Waals surface area contributed by atoms with Crippen LogP contribution in [-0.2, 0) is 17.8 Å². The first-order chi connectivity index (χ1) is 10.1. The Balaban J connectivity index is 1.78. The summed E-state index contributed by atoms with van der Waals surface area (Å²) >= 11 is 0. The van der Waals surface area contributed by atoms with Crippen molar-refractivity contribution in [2.75, 3.05) is 6.54 Å². The molecular weight excluding hydrogens is 264 g/mol. The Hall–Kier alpha value is -2.33. The van der Waals surface area contributed by atoms with Crippen LogP contribution in [0.3, 0.4) is 0 Å². The molecule has 0 saturated carbocycles. The Morgan fingerprint density at radius 3 is 2.67 bits per heavy atom. The Kier molecular flexibility index (Phi) is 3.62. The van der Waals surface area contributed by atoms with E-state index in [-0.39, 0.29) is 11.7 Å². The zero-order chi connectivity index (χ0) is 14.8. The van der Waals surface area contributed by atoms with E-state index in [2.05, 4.69) is 0 Å². The minimum atomic E-state index is -0.634. The van der Waals surface area contributed by atoms with Crippen LogP contribution in [0.25, 0.3) is 0 Å². The molecule has 1 amide bonds. The normalized spacial score (nSPS) is 15.4. The second-order valence-electron chi connectivity index (χ2n) is 5.35. The van der Waals surface area contributed by atoms with E-state index >= 15 is 0 Å². The highest BCUT2D eigenvalue weighted by Crippen LogP contribution is 2.25. The standard InChI is InChI=1S/C17H18N2O2/c18-16(13-4-2-1-3-5-13)17(21)19-9-8-12-6-7-15(20)10-14(12)11-19/h1-7,10,16,20H,8-9,11,18H2/t16-/m0/s1. The molecule has 1 heterocycles. The van der Waals surface area contributed by atoms with Gasteiger partial charge in [-0.25, -0.2) is 0 Å². The van der Waals surface area contributed by atoms with Crippen LogP contribution in [0.2, 0.25) is 0 Å². The first-order valence-corrected chi connectivity index (χ1v) is 7.05. The van der Waals surface area contributed by atoms with Crippen molar-refractivity contribution in [3.8, 4) is 5.75 Å². The van der Waals surface area contributed by atoms with Crippen LogP contribution < -0.4 is 5.73 Å². The molecule has 3 rings (SSSR count). The molecule has 0 fully saturated rings. The first-order valence-electron chi connectivity index (χ1n) is 7.05. The van der Waals surface area contributed by atoms with Gasteiger partial charge in [-0.15, -0.1) is 0 Å². The van der Waals surface area contributed by atoms with Crippen molar-refractivity contribution >= 4 is 5.91 Å². The molecule has 0 aromatic heterocycles. The fourth-order valence-electron chi connectivity index (χ4n) is 2.73. The van der Waals surface area contributed by atoms with Gasteiger partial charge in [0.25, 0.3) is 0 Å². The molecule has 1 aliphatic heterocycles. The smallest absolute Gasteiger partial charge is 0.244 e. The van der Waals surface area contributed by atoms with Gasteiger partial charge in [0.05, 0.1) is 0 Å². The van der Waals surface area contributed by atoms with E-state index < -0.39 is 6.04 Å². The summed E-state index contributed by atoms with van der Waals surface area (Å²) in [6, 6.07) is 14.1. The second-order valence-corrected chi connectivity index (χ2v) is 5.35. The van der Waals surface area contributed by atoms with E-state index in [1.807, 2.05) is 36.4 Å². The lowest BCUT2D eigenvalue weighted by atomic mass is 9.98. The van der Waals surface area contributed by atoms with Gasteiger partial charge < -0.3 is 15.7 Å². The van der Waals surface area contributed by atoms with Gasteiger partial charge in [0.15, 0.2) is 0 Å². The zero-order valence-corrected chi connectivity index (χ0v) is 11.7. The van der Waals surface area contributed by atoms with Gasteiger partial charge >= 0.3 is 0 Å². The van der Waals surface area contributed by atoms with Gasteiger partial charge in [0, 0.05) is 13.1 Å². The number of rotatable bonds is 2. The first kappa shape index (κ1) is 13.6. The molecule has 1 aliphatic rings. The number of phenolic OH excluding ortho intramolecular Hbond substituents is 1. The van der Waals surface area contributed by atoms with Gasteiger partial charge in [0.1, 0.15) is 11.8 Å². The molecule has 0 saturated heterocycles. The summed E-state index contributed by atoms with van der Waals surface area (Å²) in [5.74, 6) is 0.158. The number of carbonyl (C=O) groups is 1. The highest BCUT2D eigenvalue weighted by molar-refractivity contribution is 5.83. The summed E-state index contributed by atoms with van der Waals surface area (Å²) in [4.78, 5) is 14.3. The van der Waals surface area contributed by atoms with Crippen LogP contribution in [0.15, 0.2) is 48.5 Å². The number of fused-ring (bicyclic) bond motifs is 1. The summed E-state index contributed by atoms with van der Waals surface area (Å²) < 4.78 is 0. The number of nitrogens with zero attached hydrogens (tertiary/aromatic N) is 1. The van der Waals surface area contributed by atoms with Crippen molar-refractivity contribution in [1.82, 2.24) is 4.90 Å². The summed E-state index contributed by atoms with van der Waals surface area (Å²) in [7, 11) is 0. The number of carbonyl (C=O) groups excluding carboxylic acids is 1. The number of phenols is 1. The van der Waals surface area contributed by atoms with Gasteiger partial charge in [0.2, 0.25) is 5.91 Å². The molecule has 3 N–H and O–H groups in total. The Morgan fingerprint density at radius 2 is 1.90 bits per heavy atom. The highest BCUT2D eigenvalue weighted by atomic mass is 16.3. The maximum atomic E-state index is 12.5. The molecule has 0 bridgehead atoms. The Morgan fingerprint density at radius 1 is 1.14 bits per heavy atom. The van der Waals surface area contributed by atoms with Crippen LogP contribution in [-0.4, -0.2) is 22.5 Å². The number of benzene rings is 2. The van der Waals surface area contributed by atoms with Gasteiger partial charge in [-0.1, -0.05) is 36.4 Å². The van der Waals surface area contributed by atoms with Crippen molar-refractivity contribution in [1.29, 1.82) is 0 Å². The van der Waals surface area contributed by atoms with Crippen LogP contribution in [0.1, 0.15) is 22.7 Å². The van der Waals surface area contributed by atoms with Crippen LogP contribution >= 0.6 is 0 Å². The monoisotopic (exact) mass is 282 g/mol. The lowest BCUT2D eigenvalue weighted by Crippen LogP contribution is -2.41. The fourth-order valence-corrected chi connectivity index (χ4v) is 2.73. The number of amides is 1. The van der Waals surface area contributed by atoms with Crippen molar-refractivity contribution in [3.63, 3.8) is 0 Å². The third-order valence-corrected chi connectivity index (χ3v) is 3.94. The molecule has 0 radical (unpaired) electrons. The fraction of sp³-hybridized carbons (Fsp3) is 0.235. The minimum absolute atomic E-state index is 0.0739. The number of hydrogen-bond donors (Lipinski definition) is 2. The van der Waals surface area contributed by atoms with E-state index in [0.29, 0.717) is 13.1 Å². The maximum absolute atomic E-state index is 12.5. The molecule has 2 aromatic carbocycles. The zero-order valence-electron chi connectivity index (χ0n) is 11.7. The van der Waals surface area contributed by atoms with Crippen molar-refractivity contribution in [2.45, 2.75) is 19.0 Å². The molecular formula is C17H18N2O2. The Labute approximate surface area is 123 Å². The third-order valence-electron chi connectivity index (χ3n) is 3.94. The van der Waals surface area contributed by atoms with Crippen molar-refractivity contribution < 1.29 is 9.90 Å². The van der Waals surface area contributed by atoms with Gasteiger partial charge in [-0.2, -0.15) is 0 Å². The van der Waals surface area contributed by atoms with Gasteiger partial charge in [-0.05, 0) is 35.2 Å². The topological polar surface area (TPSA) is 66.6 Å². The molecule has 2 aromatic rings. The second kappa shape index (κ2) is 5.58. The molecule has 0 aliphatic carbocycles. The molecule has 108 valence electrons. The molecule has 21 heavy (non-hydrogen) atoms. The number of aromatic hydroxyl groups is 1. The van der Waals surface area contributed by atoms with Crippen LogP contribution in [0, 0.1) is 0 Å². The molecule has 4 heteroatoms. The highest BCUT2D eigenvalue weighted by Gasteiger charge is 2.26. The van der Waals surface area contributed by atoms with E-state index in [1.165, 1.54) is 5.56 Å². The lowest BCUT2D eigenvalue weighted by molar-refractivity contribution is -0.133. The molecule has 0 unspecified atom stereocenters. The third kappa shape index (κ3) is 2.76. The molecule has 0 spiro atoms. The average Bonchev–Trinajstić information content (AvgIpc) is 2.53.